The summed E-state index contributed by atoms with van der Waals surface area (Å²) in [6, 6.07) is 19.8. The molecule has 4 N–H and O–H groups in total. The summed E-state index contributed by atoms with van der Waals surface area (Å²) in [6.07, 6.45) is 4.07. The average molecular weight is 458 g/mol. The van der Waals surface area contributed by atoms with Gasteiger partial charge in [0.15, 0.2) is 0 Å². The SMILES string of the molecule is COC(=O)Cc1ccccc1OCc1cc(NCC2CC2)c(C=N)c(-c2cccc(CN)c2)c1. The van der Waals surface area contributed by atoms with Crippen LogP contribution in [0.2, 0.25) is 0 Å². The molecule has 176 valence electrons. The number of hydrogen-bond acceptors (Lipinski definition) is 6. The molecule has 1 saturated carbocycles. The third kappa shape index (κ3) is 5.83. The Hall–Kier alpha value is -3.64. The van der Waals surface area contributed by atoms with Gasteiger partial charge in [-0.05, 0) is 65.3 Å². The molecule has 4 rings (SSSR count). The molecule has 0 radical (unpaired) electrons. The summed E-state index contributed by atoms with van der Waals surface area (Å²) < 4.78 is 11.0. The monoisotopic (exact) mass is 457 g/mol. The molecule has 1 aliphatic carbocycles. The predicted molar refractivity (Wildman–Crippen MR) is 135 cm³/mol. The molecule has 1 aliphatic rings. The van der Waals surface area contributed by atoms with Gasteiger partial charge in [0.05, 0.1) is 13.5 Å². The van der Waals surface area contributed by atoms with Crippen LogP contribution in [-0.4, -0.2) is 25.8 Å². The number of para-hydroxylation sites is 1. The van der Waals surface area contributed by atoms with Gasteiger partial charge in [0, 0.05) is 36.1 Å². The first-order valence-corrected chi connectivity index (χ1v) is 11.6. The molecule has 6 nitrogen and oxygen atoms in total. The number of benzene rings is 3. The number of hydrogen-bond donors (Lipinski definition) is 3. The molecule has 0 spiro atoms. The zero-order chi connectivity index (χ0) is 23.9. The topological polar surface area (TPSA) is 97.4 Å². The highest BCUT2D eigenvalue weighted by molar-refractivity contribution is 5.96. The lowest BCUT2D eigenvalue weighted by molar-refractivity contribution is -0.139. The standard InChI is InChI=1S/C28H31N3O3/c1-33-28(32)14-23-6-2-3-8-27(23)34-18-21-12-24(22-7-4-5-20(11-22)15-29)25(16-30)26(13-21)31-17-19-9-10-19/h2-8,11-13,16,19,30-31H,9-10,14-15,17-18,29H2,1H3. The van der Waals surface area contributed by atoms with E-state index in [2.05, 4.69) is 23.5 Å². The number of nitrogens with one attached hydrogen (secondary N) is 2. The minimum absolute atomic E-state index is 0.157. The number of carbonyl (C=O) groups is 1. The summed E-state index contributed by atoms with van der Waals surface area (Å²) in [6.45, 7) is 1.69. The maximum atomic E-state index is 11.8. The number of rotatable bonds is 11. The van der Waals surface area contributed by atoms with E-state index in [1.165, 1.54) is 26.2 Å². The zero-order valence-electron chi connectivity index (χ0n) is 19.5. The second-order valence-corrected chi connectivity index (χ2v) is 8.63. The molecular weight excluding hydrogens is 426 g/mol. The van der Waals surface area contributed by atoms with E-state index in [9.17, 15) is 4.79 Å². The van der Waals surface area contributed by atoms with Crippen molar-refractivity contribution in [3.63, 3.8) is 0 Å². The van der Waals surface area contributed by atoms with Crippen molar-refractivity contribution in [3.8, 4) is 16.9 Å². The van der Waals surface area contributed by atoms with Crippen LogP contribution in [0.5, 0.6) is 5.75 Å². The lowest BCUT2D eigenvalue weighted by Gasteiger charge is -2.18. The highest BCUT2D eigenvalue weighted by Crippen LogP contribution is 2.34. The Kier molecular flexibility index (Phi) is 7.60. The van der Waals surface area contributed by atoms with Crippen LogP contribution in [0, 0.1) is 11.3 Å². The molecule has 1 fully saturated rings. The van der Waals surface area contributed by atoms with Gasteiger partial charge in [-0.1, -0.05) is 36.4 Å². The summed E-state index contributed by atoms with van der Waals surface area (Å²) in [5.74, 6) is 1.05. The van der Waals surface area contributed by atoms with E-state index in [-0.39, 0.29) is 12.4 Å². The van der Waals surface area contributed by atoms with Gasteiger partial charge >= 0.3 is 5.97 Å². The van der Waals surface area contributed by atoms with Gasteiger partial charge in [0.25, 0.3) is 0 Å². The fraction of sp³-hybridized carbons (Fsp3) is 0.286. The average Bonchev–Trinajstić information content (AvgIpc) is 3.71. The molecule has 0 heterocycles. The van der Waals surface area contributed by atoms with E-state index in [1.807, 2.05) is 42.5 Å². The van der Waals surface area contributed by atoms with Crippen LogP contribution in [0.15, 0.2) is 60.7 Å². The Morgan fingerprint density at radius 3 is 2.68 bits per heavy atom. The highest BCUT2D eigenvalue weighted by Gasteiger charge is 2.22. The van der Waals surface area contributed by atoms with Crippen LogP contribution in [0.25, 0.3) is 11.1 Å². The molecule has 0 aromatic heterocycles. The number of carbonyl (C=O) groups excluding carboxylic acids is 1. The number of esters is 1. The lowest BCUT2D eigenvalue weighted by Crippen LogP contribution is -2.09. The molecular formula is C28H31N3O3. The van der Waals surface area contributed by atoms with Gasteiger partial charge in [0.1, 0.15) is 12.4 Å². The van der Waals surface area contributed by atoms with Crippen molar-refractivity contribution in [1.29, 1.82) is 5.41 Å². The smallest absolute Gasteiger partial charge is 0.310 e. The van der Waals surface area contributed by atoms with E-state index in [0.29, 0.717) is 24.8 Å². The van der Waals surface area contributed by atoms with E-state index >= 15 is 0 Å². The van der Waals surface area contributed by atoms with Crippen LogP contribution in [-0.2, 0) is 29.1 Å². The molecule has 0 atom stereocenters. The van der Waals surface area contributed by atoms with E-state index in [4.69, 9.17) is 20.6 Å². The van der Waals surface area contributed by atoms with Crippen LogP contribution in [0.4, 0.5) is 5.69 Å². The first-order chi connectivity index (χ1) is 16.6. The van der Waals surface area contributed by atoms with Crippen molar-refractivity contribution in [3.05, 3.63) is 82.9 Å². The Morgan fingerprint density at radius 1 is 1.12 bits per heavy atom. The molecule has 0 saturated heterocycles. The van der Waals surface area contributed by atoms with E-state index in [0.717, 1.165) is 45.6 Å². The molecule has 0 bridgehead atoms. The summed E-state index contributed by atoms with van der Waals surface area (Å²) in [5.41, 5.74) is 12.4. The van der Waals surface area contributed by atoms with Gasteiger partial charge < -0.3 is 25.9 Å². The van der Waals surface area contributed by atoms with E-state index in [1.54, 1.807) is 0 Å². The molecule has 3 aromatic carbocycles. The minimum atomic E-state index is -0.306. The summed E-state index contributed by atoms with van der Waals surface area (Å²) in [5, 5.41) is 11.7. The Labute approximate surface area is 200 Å². The fourth-order valence-corrected chi connectivity index (χ4v) is 3.96. The number of methoxy groups -OCH3 is 1. The molecule has 0 aliphatic heterocycles. The summed E-state index contributed by atoms with van der Waals surface area (Å²) >= 11 is 0. The normalized spacial score (nSPS) is 12.8. The molecule has 0 unspecified atom stereocenters. The van der Waals surface area contributed by atoms with E-state index < -0.39 is 0 Å². The second-order valence-electron chi connectivity index (χ2n) is 8.63. The third-order valence-corrected chi connectivity index (χ3v) is 6.07. The van der Waals surface area contributed by atoms with Crippen molar-refractivity contribution in [1.82, 2.24) is 0 Å². The van der Waals surface area contributed by atoms with Gasteiger partial charge in [0.2, 0.25) is 0 Å². The minimum Gasteiger partial charge on any atom is -0.489 e. The van der Waals surface area contributed by atoms with Gasteiger partial charge in [-0.15, -0.1) is 0 Å². The Balaban J connectivity index is 1.66. The van der Waals surface area contributed by atoms with Gasteiger partial charge in [-0.3, -0.25) is 4.79 Å². The quantitative estimate of drug-likeness (QED) is 0.280. The molecule has 0 amide bonds. The van der Waals surface area contributed by atoms with Crippen molar-refractivity contribution >= 4 is 17.9 Å². The lowest BCUT2D eigenvalue weighted by atomic mass is 9.94. The molecule has 34 heavy (non-hydrogen) atoms. The van der Waals surface area contributed by atoms with Crippen molar-refractivity contribution in [2.75, 3.05) is 19.0 Å². The number of anilines is 1. The van der Waals surface area contributed by atoms with Gasteiger partial charge in [-0.25, -0.2) is 0 Å². The van der Waals surface area contributed by atoms with Crippen LogP contribution in [0.3, 0.4) is 0 Å². The number of nitrogens with two attached hydrogens (primary N) is 1. The molecule has 6 heteroatoms. The Morgan fingerprint density at radius 2 is 1.94 bits per heavy atom. The largest absolute Gasteiger partial charge is 0.489 e. The van der Waals surface area contributed by atoms with Crippen LogP contribution < -0.4 is 15.8 Å². The maximum Gasteiger partial charge on any atom is 0.310 e. The maximum absolute atomic E-state index is 11.8. The molecule has 3 aromatic rings. The predicted octanol–water partition coefficient (Wildman–Crippen LogP) is 4.93. The van der Waals surface area contributed by atoms with Crippen LogP contribution in [0.1, 0.15) is 35.1 Å². The summed E-state index contributed by atoms with van der Waals surface area (Å²) in [7, 11) is 1.38. The third-order valence-electron chi connectivity index (χ3n) is 6.07. The van der Waals surface area contributed by atoms with Gasteiger partial charge in [-0.2, -0.15) is 0 Å². The van der Waals surface area contributed by atoms with Crippen LogP contribution >= 0.6 is 0 Å². The highest BCUT2D eigenvalue weighted by atomic mass is 16.5. The zero-order valence-corrected chi connectivity index (χ0v) is 19.5. The first kappa shape index (κ1) is 23.5. The second kappa shape index (κ2) is 11.0. The fourth-order valence-electron chi connectivity index (χ4n) is 3.96. The van der Waals surface area contributed by atoms with Crippen molar-refractivity contribution in [2.24, 2.45) is 11.7 Å². The van der Waals surface area contributed by atoms with Crippen molar-refractivity contribution < 1.29 is 14.3 Å². The number of ether oxygens (including phenoxy) is 2. The Bertz CT molecular complexity index is 1170. The first-order valence-electron chi connectivity index (χ1n) is 11.6. The summed E-state index contributed by atoms with van der Waals surface area (Å²) in [4.78, 5) is 11.8. The van der Waals surface area contributed by atoms with Crippen molar-refractivity contribution in [2.45, 2.75) is 32.4 Å².